The summed E-state index contributed by atoms with van der Waals surface area (Å²) in [4.78, 5) is 3.82. The number of rotatable bonds is 3. The first-order valence-electron chi connectivity index (χ1n) is 3.13. The van der Waals surface area contributed by atoms with Crippen LogP contribution < -0.4 is 5.73 Å². The molecule has 0 heterocycles. The standard InChI is InChI=1S/C7H14N2/c1-3-4-5-6-7(8)9-2/h3-4H,5-6H2,1-2H3,(H2,8,9)/b4-3-. The van der Waals surface area contributed by atoms with Crippen molar-refractivity contribution in [3.8, 4) is 0 Å². The number of amidine groups is 1. The highest BCUT2D eigenvalue weighted by molar-refractivity contribution is 5.80. The van der Waals surface area contributed by atoms with Crippen LogP contribution in [0.15, 0.2) is 17.1 Å². The number of allylic oxidation sites excluding steroid dienone is 2. The van der Waals surface area contributed by atoms with Gasteiger partial charge in [-0.25, -0.2) is 0 Å². The molecule has 0 radical (unpaired) electrons. The molecule has 0 saturated carbocycles. The molecule has 0 saturated heterocycles. The third-order valence-electron chi connectivity index (χ3n) is 1.09. The maximum atomic E-state index is 5.43. The molecule has 0 aromatic carbocycles. The molecule has 2 N–H and O–H groups in total. The summed E-state index contributed by atoms with van der Waals surface area (Å²) in [6, 6.07) is 0. The first-order chi connectivity index (χ1) is 4.31. The highest BCUT2D eigenvalue weighted by Crippen LogP contribution is 1.89. The van der Waals surface area contributed by atoms with Crippen LogP contribution in [0.4, 0.5) is 0 Å². The van der Waals surface area contributed by atoms with Crippen molar-refractivity contribution in [1.29, 1.82) is 0 Å². The molecule has 0 spiro atoms. The van der Waals surface area contributed by atoms with Crippen molar-refractivity contribution >= 4 is 5.84 Å². The fourth-order valence-corrected chi connectivity index (χ4v) is 0.510. The lowest BCUT2D eigenvalue weighted by molar-refractivity contribution is 1.07. The Morgan fingerprint density at radius 3 is 2.78 bits per heavy atom. The number of nitrogens with two attached hydrogens (primary N) is 1. The maximum Gasteiger partial charge on any atom is 0.0936 e. The molecule has 0 amide bonds. The maximum absolute atomic E-state index is 5.43. The van der Waals surface area contributed by atoms with Gasteiger partial charge in [0.1, 0.15) is 0 Å². The van der Waals surface area contributed by atoms with E-state index < -0.39 is 0 Å². The molecule has 2 heteroatoms. The second kappa shape index (κ2) is 5.35. The molecule has 0 atom stereocenters. The van der Waals surface area contributed by atoms with E-state index in [1.54, 1.807) is 7.05 Å². The summed E-state index contributed by atoms with van der Waals surface area (Å²) in [5.41, 5.74) is 5.43. The topological polar surface area (TPSA) is 38.4 Å². The first kappa shape index (κ1) is 8.21. The van der Waals surface area contributed by atoms with Crippen molar-refractivity contribution in [2.24, 2.45) is 10.7 Å². The number of hydrogen-bond donors (Lipinski definition) is 1. The number of aliphatic imine (C=N–C) groups is 1. The van der Waals surface area contributed by atoms with Gasteiger partial charge in [-0.3, -0.25) is 4.99 Å². The van der Waals surface area contributed by atoms with Crippen LogP contribution in [0.3, 0.4) is 0 Å². The normalized spacial score (nSPS) is 12.9. The third kappa shape index (κ3) is 5.07. The summed E-state index contributed by atoms with van der Waals surface area (Å²) in [5, 5.41) is 0. The van der Waals surface area contributed by atoms with Crippen LogP contribution in [-0.4, -0.2) is 12.9 Å². The van der Waals surface area contributed by atoms with Gasteiger partial charge in [0, 0.05) is 13.5 Å². The van der Waals surface area contributed by atoms with E-state index in [2.05, 4.69) is 11.1 Å². The Kier molecular flexibility index (Phi) is 4.88. The molecule has 52 valence electrons. The SMILES string of the molecule is C/C=C\CCC(N)=NC. The fraction of sp³-hybridized carbons (Fsp3) is 0.571. The zero-order valence-electron chi connectivity index (χ0n) is 6.09. The van der Waals surface area contributed by atoms with Gasteiger partial charge in [-0.05, 0) is 13.3 Å². The fourth-order valence-electron chi connectivity index (χ4n) is 0.510. The van der Waals surface area contributed by atoms with Crippen LogP contribution in [-0.2, 0) is 0 Å². The predicted molar refractivity (Wildman–Crippen MR) is 41.6 cm³/mol. The molecule has 2 nitrogen and oxygen atoms in total. The average molecular weight is 126 g/mol. The summed E-state index contributed by atoms with van der Waals surface area (Å²) in [6.07, 6.45) is 5.97. The highest BCUT2D eigenvalue weighted by Gasteiger charge is 1.84. The summed E-state index contributed by atoms with van der Waals surface area (Å²) in [7, 11) is 1.71. The molecule has 9 heavy (non-hydrogen) atoms. The molecule has 0 aromatic heterocycles. The summed E-state index contributed by atoms with van der Waals surface area (Å²) < 4.78 is 0. The van der Waals surface area contributed by atoms with Gasteiger partial charge in [0.05, 0.1) is 5.84 Å². The van der Waals surface area contributed by atoms with Gasteiger partial charge in [-0.1, -0.05) is 12.2 Å². The Morgan fingerprint density at radius 1 is 1.67 bits per heavy atom. The minimum absolute atomic E-state index is 0.730. The molecule has 0 rings (SSSR count). The minimum atomic E-state index is 0.730. The Bertz CT molecular complexity index is 114. The largest absolute Gasteiger partial charge is 0.387 e. The third-order valence-corrected chi connectivity index (χ3v) is 1.09. The van der Waals surface area contributed by atoms with E-state index >= 15 is 0 Å². The van der Waals surface area contributed by atoms with Crippen molar-refractivity contribution in [3.05, 3.63) is 12.2 Å². The van der Waals surface area contributed by atoms with E-state index in [4.69, 9.17) is 5.73 Å². The van der Waals surface area contributed by atoms with E-state index in [-0.39, 0.29) is 0 Å². The molecule has 0 aliphatic carbocycles. The van der Waals surface area contributed by atoms with E-state index in [0.29, 0.717) is 0 Å². The van der Waals surface area contributed by atoms with Crippen molar-refractivity contribution < 1.29 is 0 Å². The Morgan fingerprint density at radius 2 is 2.33 bits per heavy atom. The van der Waals surface area contributed by atoms with Crippen LogP contribution in [0.1, 0.15) is 19.8 Å². The Labute approximate surface area is 56.5 Å². The molecule has 0 bridgehead atoms. The van der Waals surface area contributed by atoms with Gasteiger partial charge < -0.3 is 5.73 Å². The zero-order valence-corrected chi connectivity index (χ0v) is 6.09. The highest BCUT2D eigenvalue weighted by atomic mass is 14.8. The average Bonchev–Trinajstić information content (AvgIpc) is 1.89. The second-order valence-corrected chi connectivity index (χ2v) is 1.82. The first-order valence-corrected chi connectivity index (χ1v) is 3.13. The smallest absolute Gasteiger partial charge is 0.0936 e. The van der Waals surface area contributed by atoms with Crippen molar-refractivity contribution in [2.75, 3.05) is 7.05 Å². The number of nitrogens with zero attached hydrogens (tertiary/aromatic N) is 1. The summed E-state index contributed by atoms with van der Waals surface area (Å²) >= 11 is 0. The lowest BCUT2D eigenvalue weighted by atomic mass is 10.3. The molecular weight excluding hydrogens is 112 g/mol. The van der Waals surface area contributed by atoms with Crippen LogP contribution in [0.2, 0.25) is 0 Å². The van der Waals surface area contributed by atoms with Gasteiger partial charge in [0.15, 0.2) is 0 Å². The monoisotopic (exact) mass is 126 g/mol. The van der Waals surface area contributed by atoms with E-state index in [1.807, 2.05) is 13.0 Å². The molecule has 0 aromatic rings. The van der Waals surface area contributed by atoms with Gasteiger partial charge in [-0.15, -0.1) is 0 Å². The Balaban J connectivity index is 3.28. The lowest BCUT2D eigenvalue weighted by Crippen LogP contribution is -2.09. The van der Waals surface area contributed by atoms with E-state index in [1.165, 1.54) is 0 Å². The zero-order chi connectivity index (χ0) is 7.11. The van der Waals surface area contributed by atoms with Crippen LogP contribution in [0.25, 0.3) is 0 Å². The molecule has 0 aliphatic heterocycles. The number of hydrogen-bond acceptors (Lipinski definition) is 1. The summed E-state index contributed by atoms with van der Waals surface area (Å²) in [6.45, 7) is 2.00. The van der Waals surface area contributed by atoms with Crippen LogP contribution in [0.5, 0.6) is 0 Å². The minimum Gasteiger partial charge on any atom is -0.387 e. The van der Waals surface area contributed by atoms with Gasteiger partial charge in [0.25, 0.3) is 0 Å². The van der Waals surface area contributed by atoms with Crippen molar-refractivity contribution in [2.45, 2.75) is 19.8 Å². The van der Waals surface area contributed by atoms with Crippen molar-refractivity contribution in [1.82, 2.24) is 0 Å². The summed E-state index contributed by atoms with van der Waals surface area (Å²) in [5.74, 6) is 0.730. The van der Waals surface area contributed by atoms with Gasteiger partial charge in [0.2, 0.25) is 0 Å². The molecule has 0 fully saturated rings. The van der Waals surface area contributed by atoms with Gasteiger partial charge in [-0.2, -0.15) is 0 Å². The molecule has 0 aliphatic rings. The second-order valence-electron chi connectivity index (χ2n) is 1.82. The lowest BCUT2D eigenvalue weighted by Gasteiger charge is -1.92. The van der Waals surface area contributed by atoms with E-state index in [9.17, 15) is 0 Å². The van der Waals surface area contributed by atoms with Gasteiger partial charge >= 0.3 is 0 Å². The Hall–Kier alpha value is -0.790. The van der Waals surface area contributed by atoms with Crippen molar-refractivity contribution in [3.63, 3.8) is 0 Å². The van der Waals surface area contributed by atoms with E-state index in [0.717, 1.165) is 18.7 Å². The van der Waals surface area contributed by atoms with Crippen LogP contribution >= 0.6 is 0 Å². The quantitative estimate of drug-likeness (QED) is 0.346. The molecular formula is C7H14N2. The predicted octanol–water partition coefficient (Wildman–Crippen LogP) is 1.33. The van der Waals surface area contributed by atoms with Crippen LogP contribution in [0, 0.1) is 0 Å². The molecule has 0 unspecified atom stereocenters.